The lowest BCUT2D eigenvalue weighted by Gasteiger charge is -2.34. The van der Waals surface area contributed by atoms with Crippen molar-refractivity contribution in [2.24, 2.45) is 10.9 Å². The van der Waals surface area contributed by atoms with Gasteiger partial charge in [-0.25, -0.2) is 0 Å². The summed E-state index contributed by atoms with van der Waals surface area (Å²) < 4.78 is 0. The lowest BCUT2D eigenvalue weighted by Crippen LogP contribution is -2.42. The summed E-state index contributed by atoms with van der Waals surface area (Å²) in [7, 11) is 0. The van der Waals surface area contributed by atoms with Crippen molar-refractivity contribution in [3.63, 3.8) is 0 Å². The molecule has 0 spiro atoms. The van der Waals surface area contributed by atoms with Crippen LogP contribution in [-0.2, 0) is 0 Å². The Morgan fingerprint density at radius 2 is 1.95 bits per heavy atom. The first-order valence-electron chi connectivity index (χ1n) is 7.93. The molecular weight excluding hydrogens is 236 g/mol. The first-order valence-corrected chi connectivity index (χ1v) is 7.93. The second-order valence-corrected chi connectivity index (χ2v) is 5.71. The van der Waals surface area contributed by atoms with Gasteiger partial charge in [0.1, 0.15) is 0 Å². The lowest BCUT2D eigenvalue weighted by atomic mass is 9.98. The van der Waals surface area contributed by atoms with E-state index in [0.29, 0.717) is 6.04 Å². The Balaban J connectivity index is 2.37. The van der Waals surface area contributed by atoms with Crippen LogP contribution in [0.4, 0.5) is 0 Å². The lowest BCUT2D eigenvalue weighted by molar-refractivity contribution is 0.150. The zero-order valence-electron chi connectivity index (χ0n) is 13.2. The fraction of sp³-hybridized carbons (Fsp3) is 0.933. The quantitative estimate of drug-likeness (QED) is 0.572. The molecule has 1 fully saturated rings. The highest BCUT2D eigenvalue weighted by atomic mass is 15.2. The van der Waals surface area contributed by atoms with Gasteiger partial charge in [0.2, 0.25) is 0 Å². The molecule has 2 N–H and O–H groups in total. The van der Waals surface area contributed by atoms with E-state index in [4.69, 9.17) is 4.99 Å². The van der Waals surface area contributed by atoms with Crippen LogP contribution in [-0.4, -0.2) is 49.6 Å². The summed E-state index contributed by atoms with van der Waals surface area (Å²) >= 11 is 0. The molecule has 1 atom stereocenters. The van der Waals surface area contributed by atoms with Crippen molar-refractivity contribution in [2.45, 2.75) is 53.0 Å². The minimum atomic E-state index is 0.546. The second-order valence-electron chi connectivity index (χ2n) is 5.71. The van der Waals surface area contributed by atoms with Crippen LogP contribution in [0.2, 0.25) is 0 Å². The Labute approximate surface area is 119 Å². The topological polar surface area (TPSA) is 39.7 Å². The largest absolute Gasteiger partial charge is 0.357 e. The SMILES string of the molecule is CCCNC(=NCC(C)N1CCC(C)CC1)NCC. The Kier molecular flexibility index (Phi) is 7.87. The molecule has 4 nitrogen and oxygen atoms in total. The molecule has 1 rings (SSSR count). The van der Waals surface area contributed by atoms with Gasteiger partial charge >= 0.3 is 0 Å². The second kappa shape index (κ2) is 9.18. The Hall–Kier alpha value is -0.770. The number of rotatable bonds is 6. The van der Waals surface area contributed by atoms with E-state index < -0.39 is 0 Å². The molecule has 1 unspecified atom stereocenters. The van der Waals surface area contributed by atoms with Crippen LogP contribution < -0.4 is 10.6 Å². The molecule has 0 saturated carbocycles. The molecule has 4 heteroatoms. The van der Waals surface area contributed by atoms with Crippen LogP contribution in [0.5, 0.6) is 0 Å². The van der Waals surface area contributed by atoms with Gasteiger partial charge in [0.05, 0.1) is 6.54 Å². The number of hydrogen-bond donors (Lipinski definition) is 2. The number of guanidine groups is 1. The van der Waals surface area contributed by atoms with Gasteiger partial charge in [-0.3, -0.25) is 9.89 Å². The maximum Gasteiger partial charge on any atom is 0.191 e. The van der Waals surface area contributed by atoms with E-state index in [2.05, 4.69) is 43.2 Å². The summed E-state index contributed by atoms with van der Waals surface area (Å²) in [5, 5.41) is 6.66. The van der Waals surface area contributed by atoms with Crippen LogP contribution >= 0.6 is 0 Å². The first-order chi connectivity index (χ1) is 9.17. The average Bonchev–Trinajstić information content (AvgIpc) is 2.42. The van der Waals surface area contributed by atoms with Gasteiger partial charge < -0.3 is 10.6 Å². The number of nitrogens with zero attached hydrogens (tertiary/aromatic N) is 2. The maximum atomic E-state index is 4.70. The standard InChI is InChI=1S/C15H32N4/c1-5-9-17-15(16-6-2)18-12-14(4)19-10-7-13(3)8-11-19/h13-14H,5-12H2,1-4H3,(H2,16,17,18). The third-order valence-electron chi connectivity index (χ3n) is 3.84. The van der Waals surface area contributed by atoms with Crippen LogP contribution in [0.15, 0.2) is 4.99 Å². The third-order valence-corrected chi connectivity index (χ3v) is 3.84. The summed E-state index contributed by atoms with van der Waals surface area (Å²) in [5.41, 5.74) is 0. The van der Waals surface area contributed by atoms with Crippen molar-refractivity contribution in [3.05, 3.63) is 0 Å². The molecule has 1 aliphatic rings. The molecule has 0 aromatic carbocycles. The van der Waals surface area contributed by atoms with Gasteiger partial charge in [0.15, 0.2) is 5.96 Å². The van der Waals surface area contributed by atoms with Gasteiger partial charge in [-0.05, 0) is 52.1 Å². The molecule has 0 aliphatic carbocycles. The number of hydrogen-bond acceptors (Lipinski definition) is 2. The molecule has 0 aromatic rings. The normalized spacial score (nSPS) is 20.3. The van der Waals surface area contributed by atoms with Crippen molar-refractivity contribution in [1.82, 2.24) is 15.5 Å². The number of nitrogens with one attached hydrogen (secondary N) is 2. The van der Waals surface area contributed by atoms with E-state index in [9.17, 15) is 0 Å². The molecule has 1 saturated heterocycles. The first kappa shape index (κ1) is 16.3. The van der Waals surface area contributed by atoms with Gasteiger partial charge in [-0.2, -0.15) is 0 Å². The fourth-order valence-corrected chi connectivity index (χ4v) is 2.39. The van der Waals surface area contributed by atoms with Crippen LogP contribution in [0.25, 0.3) is 0 Å². The van der Waals surface area contributed by atoms with Crippen LogP contribution in [0, 0.1) is 5.92 Å². The predicted octanol–water partition coefficient (Wildman–Crippen LogP) is 2.07. The van der Waals surface area contributed by atoms with E-state index in [1.807, 2.05) is 0 Å². The summed E-state index contributed by atoms with van der Waals surface area (Å²) in [5.74, 6) is 1.86. The monoisotopic (exact) mass is 268 g/mol. The maximum absolute atomic E-state index is 4.70. The average molecular weight is 268 g/mol. The Morgan fingerprint density at radius 1 is 1.26 bits per heavy atom. The number of aliphatic imine (C=N–C) groups is 1. The van der Waals surface area contributed by atoms with Crippen molar-refractivity contribution in [3.8, 4) is 0 Å². The molecule has 0 bridgehead atoms. The smallest absolute Gasteiger partial charge is 0.191 e. The number of piperidine rings is 1. The predicted molar refractivity (Wildman–Crippen MR) is 83.7 cm³/mol. The molecule has 0 aromatic heterocycles. The van der Waals surface area contributed by atoms with E-state index in [0.717, 1.165) is 37.9 Å². The Bertz CT molecular complexity index is 257. The van der Waals surface area contributed by atoms with E-state index in [-0.39, 0.29) is 0 Å². The zero-order chi connectivity index (χ0) is 14.1. The summed E-state index contributed by atoms with van der Waals surface area (Å²) in [6.45, 7) is 14.2. The van der Waals surface area contributed by atoms with Crippen LogP contribution in [0.1, 0.15) is 47.0 Å². The van der Waals surface area contributed by atoms with E-state index in [1.165, 1.54) is 25.9 Å². The summed E-state index contributed by atoms with van der Waals surface area (Å²) in [6.07, 6.45) is 3.80. The summed E-state index contributed by atoms with van der Waals surface area (Å²) in [4.78, 5) is 7.27. The highest BCUT2D eigenvalue weighted by Gasteiger charge is 2.19. The van der Waals surface area contributed by atoms with Crippen LogP contribution in [0.3, 0.4) is 0 Å². The zero-order valence-corrected chi connectivity index (χ0v) is 13.2. The van der Waals surface area contributed by atoms with Gasteiger partial charge in [0, 0.05) is 19.1 Å². The minimum absolute atomic E-state index is 0.546. The molecule has 0 amide bonds. The van der Waals surface area contributed by atoms with Gasteiger partial charge in [-0.15, -0.1) is 0 Å². The van der Waals surface area contributed by atoms with Crippen molar-refractivity contribution in [1.29, 1.82) is 0 Å². The molecular formula is C15H32N4. The Morgan fingerprint density at radius 3 is 2.53 bits per heavy atom. The van der Waals surface area contributed by atoms with E-state index in [1.54, 1.807) is 0 Å². The minimum Gasteiger partial charge on any atom is -0.357 e. The third kappa shape index (κ3) is 6.28. The fourth-order valence-electron chi connectivity index (χ4n) is 2.39. The molecule has 19 heavy (non-hydrogen) atoms. The number of likely N-dealkylation sites (tertiary alicyclic amines) is 1. The molecule has 1 heterocycles. The van der Waals surface area contributed by atoms with Crippen molar-refractivity contribution < 1.29 is 0 Å². The van der Waals surface area contributed by atoms with Gasteiger partial charge in [0.25, 0.3) is 0 Å². The highest BCUT2D eigenvalue weighted by molar-refractivity contribution is 5.79. The highest BCUT2D eigenvalue weighted by Crippen LogP contribution is 2.17. The van der Waals surface area contributed by atoms with Gasteiger partial charge in [-0.1, -0.05) is 13.8 Å². The van der Waals surface area contributed by atoms with Crippen molar-refractivity contribution in [2.75, 3.05) is 32.7 Å². The van der Waals surface area contributed by atoms with E-state index >= 15 is 0 Å². The van der Waals surface area contributed by atoms with Crippen molar-refractivity contribution >= 4 is 5.96 Å². The molecule has 0 radical (unpaired) electrons. The summed E-state index contributed by atoms with van der Waals surface area (Å²) in [6, 6.07) is 0.546. The molecule has 112 valence electrons. The molecule has 1 aliphatic heterocycles.